The van der Waals surface area contributed by atoms with Crippen LogP contribution in [-0.4, -0.2) is 35.8 Å². The average Bonchev–Trinajstić information content (AvgIpc) is 2.61. The van der Waals surface area contributed by atoms with Gasteiger partial charge in [0.05, 0.1) is 0 Å². The molecular formula is C20H30N4O2. The second kappa shape index (κ2) is 12.7. The molecule has 0 spiro atoms. The molecule has 6 nitrogen and oxygen atoms in total. The molecule has 0 fully saturated rings. The zero-order chi connectivity index (χ0) is 19.2. The molecule has 0 saturated heterocycles. The van der Waals surface area contributed by atoms with E-state index in [1.165, 1.54) is 0 Å². The Morgan fingerprint density at radius 1 is 1.31 bits per heavy atom. The first kappa shape index (κ1) is 21.4. The van der Waals surface area contributed by atoms with Crippen molar-refractivity contribution >= 4 is 24.2 Å². The van der Waals surface area contributed by atoms with Crippen molar-refractivity contribution in [2.24, 2.45) is 10.7 Å². The Hall–Kier alpha value is -2.63. The summed E-state index contributed by atoms with van der Waals surface area (Å²) in [4.78, 5) is 15.7. The molecule has 1 atom stereocenters. The first-order valence-corrected chi connectivity index (χ1v) is 9.12. The van der Waals surface area contributed by atoms with Crippen molar-refractivity contribution in [2.45, 2.75) is 51.5 Å². The van der Waals surface area contributed by atoms with Crippen molar-refractivity contribution in [3.05, 3.63) is 41.5 Å². The van der Waals surface area contributed by atoms with Crippen LogP contribution in [0.2, 0.25) is 0 Å². The molecule has 0 aromatic heterocycles. The Bertz CT molecular complexity index is 611. The van der Waals surface area contributed by atoms with Gasteiger partial charge in [-0.2, -0.15) is 0 Å². The number of aliphatic carboxylic acids is 1. The number of rotatable bonds is 12. The zero-order valence-corrected chi connectivity index (χ0v) is 15.4. The number of carbonyl (C=O) groups is 1. The molecule has 0 aliphatic carbocycles. The molecule has 0 amide bonds. The number of allylic oxidation sites excluding steroid dienone is 1. The number of hydrogen-bond acceptors (Lipinski definition) is 3. The Balaban J connectivity index is 2.75. The fourth-order valence-corrected chi connectivity index (χ4v) is 2.48. The summed E-state index contributed by atoms with van der Waals surface area (Å²) in [5.41, 5.74) is 7.34. The molecular weight excluding hydrogens is 328 g/mol. The van der Waals surface area contributed by atoms with Gasteiger partial charge in [-0.25, -0.2) is 4.79 Å². The lowest BCUT2D eigenvalue weighted by Gasteiger charge is -2.09. The topological polar surface area (TPSA) is 112 Å². The second-order valence-electron chi connectivity index (χ2n) is 6.20. The lowest BCUT2D eigenvalue weighted by Crippen LogP contribution is -2.31. The van der Waals surface area contributed by atoms with Crippen LogP contribution in [0.15, 0.2) is 40.9 Å². The van der Waals surface area contributed by atoms with Crippen molar-refractivity contribution in [2.75, 3.05) is 6.54 Å². The van der Waals surface area contributed by atoms with Crippen LogP contribution in [0.4, 0.5) is 0 Å². The predicted octanol–water partition coefficient (Wildman–Crippen LogP) is 3.44. The van der Waals surface area contributed by atoms with Gasteiger partial charge in [0.1, 0.15) is 6.04 Å². The van der Waals surface area contributed by atoms with Crippen LogP contribution in [0.25, 0.3) is 6.08 Å². The maximum Gasteiger partial charge on any atom is 0.328 e. The van der Waals surface area contributed by atoms with Crippen LogP contribution in [0.1, 0.15) is 51.0 Å². The van der Waals surface area contributed by atoms with Gasteiger partial charge in [-0.05, 0) is 36.8 Å². The number of carboxylic acids is 1. The van der Waals surface area contributed by atoms with E-state index in [9.17, 15) is 9.90 Å². The predicted molar refractivity (Wildman–Crippen MR) is 108 cm³/mol. The van der Waals surface area contributed by atoms with E-state index in [0.29, 0.717) is 19.4 Å². The summed E-state index contributed by atoms with van der Waals surface area (Å²) in [6, 6.07) is 9.20. The number of hydrogen-bond donors (Lipinski definition) is 4. The van der Waals surface area contributed by atoms with Gasteiger partial charge in [0.2, 0.25) is 0 Å². The number of guanidine groups is 1. The number of unbranched alkanes of at least 4 members (excludes halogenated alkanes) is 2. The Labute approximate surface area is 155 Å². The Kier molecular flexibility index (Phi) is 10.5. The minimum atomic E-state index is -0.934. The van der Waals surface area contributed by atoms with E-state index in [2.05, 4.69) is 23.3 Å². The summed E-state index contributed by atoms with van der Waals surface area (Å²) in [6.07, 6.45) is 8.97. The Morgan fingerprint density at radius 2 is 2.04 bits per heavy atom. The normalized spacial score (nSPS) is 12.9. The largest absolute Gasteiger partial charge is 0.480 e. The highest BCUT2D eigenvalue weighted by Gasteiger charge is 2.14. The fourth-order valence-electron chi connectivity index (χ4n) is 2.48. The second-order valence-corrected chi connectivity index (χ2v) is 6.20. The van der Waals surface area contributed by atoms with E-state index in [4.69, 9.17) is 11.1 Å². The van der Waals surface area contributed by atoms with Crippen LogP contribution in [0, 0.1) is 5.41 Å². The number of nitrogens with two attached hydrogens (primary N) is 1. The van der Waals surface area contributed by atoms with Gasteiger partial charge in [-0.3, -0.25) is 10.4 Å². The third-order valence-electron chi connectivity index (χ3n) is 3.90. The summed E-state index contributed by atoms with van der Waals surface area (Å²) < 4.78 is 0. The van der Waals surface area contributed by atoms with Gasteiger partial charge in [-0.15, -0.1) is 0 Å². The Morgan fingerprint density at radius 3 is 2.65 bits per heavy atom. The summed E-state index contributed by atoms with van der Waals surface area (Å²) in [5.74, 6) is -1.04. The van der Waals surface area contributed by atoms with Crippen LogP contribution in [0.3, 0.4) is 0 Å². The first-order chi connectivity index (χ1) is 12.5. The van der Waals surface area contributed by atoms with E-state index in [1.54, 1.807) is 6.21 Å². The molecule has 0 heterocycles. The first-order valence-electron chi connectivity index (χ1n) is 9.12. The molecule has 0 unspecified atom stereocenters. The third kappa shape index (κ3) is 9.61. The lowest BCUT2D eigenvalue weighted by atomic mass is 10.0. The van der Waals surface area contributed by atoms with Gasteiger partial charge >= 0.3 is 5.97 Å². The highest BCUT2D eigenvalue weighted by molar-refractivity contribution is 5.87. The number of aliphatic imine (C=N–C) groups is 1. The summed E-state index contributed by atoms with van der Waals surface area (Å²) >= 11 is 0. The van der Waals surface area contributed by atoms with Gasteiger partial charge in [-0.1, -0.05) is 56.2 Å². The quantitative estimate of drug-likeness (QED) is 0.260. The summed E-state index contributed by atoms with van der Waals surface area (Å²) in [6.45, 7) is 2.63. The van der Waals surface area contributed by atoms with Crippen LogP contribution >= 0.6 is 0 Å². The molecule has 0 saturated carbocycles. The van der Waals surface area contributed by atoms with Gasteiger partial charge in [0, 0.05) is 12.8 Å². The van der Waals surface area contributed by atoms with E-state index in [1.807, 2.05) is 30.3 Å². The highest BCUT2D eigenvalue weighted by atomic mass is 16.4. The molecule has 142 valence electrons. The van der Waals surface area contributed by atoms with Crippen molar-refractivity contribution in [3.8, 4) is 0 Å². The maximum atomic E-state index is 11.4. The molecule has 6 heteroatoms. The minimum absolute atomic E-state index is 0.107. The van der Waals surface area contributed by atoms with Gasteiger partial charge in [0.25, 0.3) is 0 Å². The molecule has 0 aliphatic rings. The van der Waals surface area contributed by atoms with E-state index in [-0.39, 0.29) is 5.96 Å². The van der Waals surface area contributed by atoms with Crippen LogP contribution in [-0.2, 0) is 4.79 Å². The number of carboxylic acid groups (broad SMARTS) is 1. The van der Waals surface area contributed by atoms with Gasteiger partial charge in [0.15, 0.2) is 5.96 Å². The van der Waals surface area contributed by atoms with E-state index < -0.39 is 12.0 Å². The minimum Gasteiger partial charge on any atom is -0.480 e. The number of benzene rings is 1. The van der Waals surface area contributed by atoms with Gasteiger partial charge < -0.3 is 16.2 Å². The standard InChI is InChI=1S/C20H30N4O2/c1-2-3-5-11-17(14-16-9-6-4-7-10-16)15-24-18(19(25)26)12-8-13-23-20(21)22/h4,6-7,9-10,14-15,18H,2-3,5,8,11-13H2,1H3,(H,25,26)(H4,21,22,23)/b17-14+,24-15+/t18-/m0/s1. The number of nitrogens with zero attached hydrogens (tertiary/aromatic N) is 1. The highest BCUT2D eigenvalue weighted by Crippen LogP contribution is 2.13. The number of nitrogens with one attached hydrogen (secondary N) is 2. The zero-order valence-electron chi connectivity index (χ0n) is 15.4. The van der Waals surface area contributed by atoms with E-state index >= 15 is 0 Å². The van der Waals surface area contributed by atoms with Crippen LogP contribution < -0.4 is 11.1 Å². The molecule has 1 rings (SSSR count). The smallest absolute Gasteiger partial charge is 0.328 e. The fraction of sp³-hybridized carbons (Fsp3) is 0.450. The monoisotopic (exact) mass is 358 g/mol. The van der Waals surface area contributed by atoms with Crippen molar-refractivity contribution < 1.29 is 9.90 Å². The summed E-state index contributed by atoms with van der Waals surface area (Å²) in [7, 11) is 0. The van der Waals surface area contributed by atoms with E-state index in [0.717, 1.165) is 36.8 Å². The SMILES string of the molecule is CCCCCC(/C=N/[C@@H](CCCNC(=N)N)C(=O)O)=C\c1ccccc1. The average molecular weight is 358 g/mol. The third-order valence-corrected chi connectivity index (χ3v) is 3.90. The molecule has 0 aliphatic heterocycles. The van der Waals surface area contributed by atoms with Crippen molar-refractivity contribution in [1.82, 2.24) is 5.32 Å². The summed E-state index contributed by atoms with van der Waals surface area (Å²) in [5, 5.41) is 19.2. The molecule has 0 radical (unpaired) electrons. The van der Waals surface area contributed by atoms with Crippen molar-refractivity contribution in [3.63, 3.8) is 0 Å². The molecule has 5 N–H and O–H groups in total. The molecule has 1 aromatic carbocycles. The maximum absolute atomic E-state index is 11.4. The lowest BCUT2D eigenvalue weighted by molar-refractivity contribution is -0.138. The van der Waals surface area contributed by atoms with Crippen LogP contribution in [0.5, 0.6) is 0 Å². The molecule has 26 heavy (non-hydrogen) atoms. The molecule has 0 bridgehead atoms. The molecule has 1 aromatic rings. The van der Waals surface area contributed by atoms with Crippen molar-refractivity contribution in [1.29, 1.82) is 5.41 Å².